The Kier molecular flexibility index (Phi) is 7.32. The average molecular weight is 539 g/mol. The van der Waals surface area contributed by atoms with E-state index in [9.17, 15) is 19.2 Å². The van der Waals surface area contributed by atoms with Crippen molar-refractivity contribution in [1.29, 1.82) is 0 Å². The molecule has 3 aromatic carbocycles. The van der Waals surface area contributed by atoms with Crippen LogP contribution in [-0.2, 0) is 17.9 Å². The molecular weight excluding hydrogens is 512 g/mol. The molecule has 2 aromatic heterocycles. The van der Waals surface area contributed by atoms with Gasteiger partial charge in [-0.1, -0.05) is 17.7 Å². The fraction of sp³-hybridized carbons (Fsp3) is 0.133. The summed E-state index contributed by atoms with van der Waals surface area (Å²) in [6.07, 6.45) is 1.51. The SMILES string of the molecule is COc1ccc(NC(=O)Cn2c(=O)n(-c3ccc(C)cc3)c(=O)c3ccc(C(=O)NCc4ccco4)cc32)cc1. The number of methoxy groups -OCH3 is 1. The molecule has 0 saturated carbocycles. The van der Waals surface area contributed by atoms with Crippen LogP contribution in [0.4, 0.5) is 5.69 Å². The largest absolute Gasteiger partial charge is 0.497 e. The first kappa shape index (κ1) is 26.2. The van der Waals surface area contributed by atoms with Gasteiger partial charge in [-0.05, 0) is 73.7 Å². The zero-order chi connectivity index (χ0) is 28.2. The summed E-state index contributed by atoms with van der Waals surface area (Å²) in [5.74, 6) is 0.281. The van der Waals surface area contributed by atoms with E-state index in [-0.39, 0.29) is 23.0 Å². The van der Waals surface area contributed by atoms with E-state index in [1.165, 1.54) is 29.0 Å². The number of aromatic nitrogens is 2. The molecule has 0 unspecified atom stereocenters. The predicted molar refractivity (Wildman–Crippen MR) is 150 cm³/mol. The number of nitrogens with one attached hydrogen (secondary N) is 2. The maximum absolute atomic E-state index is 13.7. The number of carbonyl (C=O) groups is 2. The third-order valence-corrected chi connectivity index (χ3v) is 6.38. The number of amides is 2. The molecule has 2 heterocycles. The van der Waals surface area contributed by atoms with Crippen LogP contribution in [0.3, 0.4) is 0 Å². The molecule has 0 radical (unpaired) electrons. The Labute approximate surface area is 228 Å². The number of nitrogens with zero attached hydrogens (tertiary/aromatic N) is 2. The van der Waals surface area contributed by atoms with E-state index in [4.69, 9.17) is 9.15 Å². The predicted octanol–water partition coefficient (Wildman–Crippen LogP) is 3.63. The lowest BCUT2D eigenvalue weighted by Gasteiger charge is -2.15. The van der Waals surface area contributed by atoms with Crippen LogP contribution < -0.4 is 26.6 Å². The van der Waals surface area contributed by atoms with Gasteiger partial charge in [0.25, 0.3) is 11.5 Å². The van der Waals surface area contributed by atoms with Gasteiger partial charge < -0.3 is 19.8 Å². The number of carbonyl (C=O) groups excluding carboxylic acids is 2. The Hall–Kier alpha value is -5.38. The molecule has 0 fully saturated rings. The van der Waals surface area contributed by atoms with Crippen LogP contribution in [0, 0.1) is 6.92 Å². The minimum absolute atomic E-state index is 0.161. The first-order valence-corrected chi connectivity index (χ1v) is 12.4. The van der Waals surface area contributed by atoms with E-state index in [0.717, 1.165) is 10.1 Å². The van der Waals surface area contributed by atoms with E-state index >= 15 is 0 Å². The molecule has 0 spiro atoms. The quantitative estimate of drug-likeness (QED) is 0.311. The fourth-order valence-corrected chi connectivity index (χ4v) is 4.28. The van der Waals surface area contributed by atoms with Gasteiger partial charge in [-0.25, -0.2) is 9.36 Å². The second kappa shape index (κ2) is 11.2. The topological polar surface area (TPSA) is 125 Å². The van der Waals surface area contributed by atoms with E-state index in [0.29, 0.717) is 22.9 Å². The summed E-state index contributed by atoms with van der Waals surface area (Å²) in [6, 6.07) is 21.5. The molecule has 0 atom stereocenters. The first-order valence-electron chi connectivity index (χ1n) is 12.4. The molecule has 0 aliphatic heterocycles. The Balaban J connectivity index is 1.56. The molecule has 10 nitrogen and oxygen atoms in total. The van der Waals surface area contributed by atoms with E-state index in [1.807, 2.05) is 6.92 Å². The number of hydrogen-bond donors (Lipinski definition) is 2. The molecule has 40 heavy (non-hydrogen) atoms. The number of aryl methyl sites for hydroxylation is 1. The summed E-state index contributed by atoms with van der Waals surface area (Å²) < 4.78 is 12.6. The van der Waals surface area contributed by atoms with Gasteiger partial charge in [-0.2, -0.15) is 0 Å². The van der Waals surface area contributed by atoms with Crippen LogP contribution in [0.5, 0.6) is 5.75 Å². The van der Waals surface area contributed by atoms with Crippen molar-refractivity contribution < 1.29 is 18.7 Å². The van der Waals surface area contributed by atoms with Crippen molar-refractivity contribution in [3.05, 3.63) is 123 Å². The van der Waals surface area contributed by atoms with Crippen molar-refractivity contribution >= 4 is 28.4 Å². The lowest BCUT2D eigenvalue weighted by molar-refractivity contribution is -0.116. The number of anilines is 1. The summed E-state index contributed by atoms with van der Waals surface area (Å²) in [5.41, 5.74) is 0.948. The van der Waals surface area contributed by atoms with Crippen LogP contribution in [0.15, 0.2) is 99.1 Å². The highest BCUT2D eigenvalue weighted by Gasteiger charge is 2.19. The van der Waals surface area contributed by atoms with Gasteiger partial charge >= 0.3 is 5.69 Å². The minimum atomic E-state index is -0.709. The lowest BCUT2D eigenvalue weighted by atomic mass is 10.1. The van der Waals surface area contributed by atoms with Crippen LogP contribution >= 0.6 is 0 Å². The Morgan fingerprint density at radius 3 is 2.38 bits per heavy atom. The van der Waals surface area contributed by atoms with E-state index in [1.54, 1.807) is 67.8 Å². The minimum Gasteiger partial charge on any atom is -0.497 e. The Morgan fingerprint density at radius 1 is 0.950 bits per heavy atom. The van der Waals surface area contributed by atoms with Crippen molar-refractivity contribution in [3.63, 3.8) is 0 Å². The Morgan fingerprint density at radius 2 is 1.70 bits per heavy atom. The summed E-state index contributed by atoms with van der Waals surface area (Å²) in [4.78, 5) is 53.2. The van der Waals surface area contributed by atoms with Crippen molar-refractivity contribution in [1.82, 2.24) is 14.5 Å². The van der Waals surface area contributed by atoms with Gasteiger partial charge in [0.1, 0.15) is 18.1 Å². The van der Waals surface area contributed by atoms with E-state index < -0.39 is 29.6 Å². The van der Waals surface area contributed by atoms with Crippen LogP contribution in [0.2, 0.25) is 0 Å². The molecule has 5 rings (SSSR count). The zero-order valence-electron chi connectivity index (χ0n) is 21.8. The molecule has 202 valence electrons. The van der Waals surface area contributed by atoms with Crippen molar-refractivity contribution in [3.8, 4) is 11.4 Å². The number of fused-ring (bicyclic) bond motifs is 1. The smallest absolute Gasteiger partial charge is 0.336 e. The molecular formula is C30H26N4O6. The van der Waals surface area contributed by atoms with Crippen molar-refractivity contribution in [2.24, 2.45) is 0 Å². The number of benzene rings is 3. The lowest BCUT2D eigenvalue weighted by Crippen LogP contribution is -2.41. The molecule has 0 aliphatic rings. The third kappa shape index (κ3) is 5.41. The first-order chi connectivity index (χ1) is 19.3. The van der Waals surface area contributed by atoms with Crippen LogP contribution in [0.25, 0.3) is 16.6 Å². The van der Waals surface area contributed by atoms with Gasteiger partial charge in [0.05, 0.1) is 36.5 Å². The van der Waals surface area contributed by atoms with Gasteiger partial charge in [0.2, 0.25) is 5.91 Å². The normalized spacial score (nSPS) is 10.8. The molecule has 5 aromatic rings. The molecule has 2 N–H and O–H groups in total. The zero-order valence-corrected chi connectivity index (χ0v) is 21.8. The third-order valence-electron chi connectivity index (χ3n) is 6.38. The fourth-order valence-electron chi connectivity index (χ4n) is 4.28. The average Bonchev–Trinajstić information content (AvgIpc) is 3.49. The molecule has 10 heteroatoms. The summed E-state index contributed by atoms with van der Waals surface area (Å²) in [7, 11) is 1.54. The molecule has 0 saturated heterocycles. The highest BCUT2D eigenvalue weighted by Crippen LogP contribution is 2.17. The monoisotopic (exact) mass is 538 g/mol. The molecule has 2 amide bonds. The van der Waals surface area contributed by atoms with Gasteiger partial charge in [-0.15, -0.1) is 0 Å². The van der Waals surface area contributed by atoms with Crippen molar-refractivity contribution in [2.75, 3.05) is 12.4 Å². The highest BCUT2D eigenvalue weighted by atomic mass is 16.5. The standard InChI is InChI=1S/C30H26N4O6/c1-19-5-10-22(11-6-19)34-29(37)25-14-7-20(28(36)31-17-24-4-3-15-40-24)16-26(25)33(30(34)38)18-27(35)32-21-8-12-23(39-2)13-9-21/h3-16H,17-18H2,1-2H3,(H,31,36)(H,32,35). The second-order valence-electron chi connectivity index (χ2n) is 9.12. The van der Waals surface area contributed by atoms with E-state index in [2.05, 4.69) is 10.6 Å². The van der Waals surface area contributed by atoms with Gasteiger partial charge in [0, 0.05) is 11.3 Å². The summed E-state index contributed by atoms with van der Waals surface area (Å²) in [6.45, 7) is 1.66. The molecule has 0 bridgehead atoms. The second-order valence-corrected chi connectivity index (χ2v) is 9.12. The summed E-state index contributed by atoms with van der Waals surface area (Å²) >= 11 is 0. The molecule has 0 aliphatic carbocycles. The number of ether oxygens (including phenoxy) is 1. The Bertz CT molecular complexity index is 1800. The van der Waals surface area contributed by atoms with Crippen LogP contribution in [0.1, 0.15) is 21.7 Å². The van der Waals surface area contributed by atoms with Crippen molar-refractivity contribution in [2.45, 2.75) is 20.0 Å². The maximum Gasteiger partial charge on any atom is 0.336 e. The number of hydrogen-bond acceptors (Lipinski definition) is 6. The maximum atomic E-state index is 13.7. The van der Waals surface area contributed by atoms with Gasteiger partial charge in [0.15, 0.2) is 0 Å². The summed E-state index contributed by atoms with van der Waals surface area (Å²) in [5, 5.41) is 5.68. The number of rotatable bonds is 8. The van der Waals surface area contributed by atoms with Gasteiger partial charge in [-0.3, -0.25) is 19.0 Å². The number of furan rings is 1. The van der Waals surface area contributed by atoms with Crippen LogP contribution in [-0.4, -0.2) is 28.1 Å². The highest BCUT2D eigenvalue weighted by molar-refractivity contribution is 5.98.